The van der Waals surface area contributed by atoms with Gasteiger partial charge in [-0.05, 0) is 66.3 Å². The summed E-state index contributed by atoms with van der Waals surface area (Å²) >= 11 is 0. The van der Waals surface area contributed by atoms with E-state index in [1.807, 2.05) is 13.0 Å². The summed E-state index contributed by atoms with van der Waals surface area (Å²) in [6.07, 6.45) is 5.20. The molecule has 1 spiro atoms. The number of fused-ring (bicyclic) bond motifs is 1. The topological polar surface area (TPSA) is 29.5 Å². The second kappa shape index (κ2) is 3.79. The molecule has 2 heterocycles. The van der Waals surface area contributed by atoms with Crippen LogP contribution in [0.4, 0.5) is 0 Å². The standard InChI is InChI=1S/C18H24O2/c1-11-7-12-13(8-14(11)19)18-6-4-5-17(2,3)16(18)9-15(12)20-10-18/h7-8,15-16,19H,4-6,9-10H2,1-3H3/t15-,16-,18+/m0/s1. The molecular formula is C18H24O2. The number of hydrogen-bond acceptors (Lipinski definition) is 2. The van der Waals surface area contributed by atoms with Gasteiger partial charge < -0.3 is 9.84 Å². The Bertz CT molecular complexity index is 575. The maximum Gasteiger partial charge on any atom is 0.118 e. The zero-order valence-corrected chi connectivity index (χ0v) is 12.7. The third-order valence-electron chi connectivity index (χ3n) is 6.30. The lowest BCUT2D eigenvalue weighted by Crippen LogP contribution is -2.56. The van der Waals surface area contributed by atoms with Crippen molar-refractivity contribution in [3.8, 4) is 5.75 Å². The van der Waals surface area contributed by atoms with Gasteiger partial charge in [-0.3, -0.25) is 0 Å². The van der Waals surface area contributed by atoms with Gasteiger partial charge in [-0.25, -0.2) is 0 Å². The Balaban J connectivity index is 1.94. The summed E-state index contributed by atoms with van der Waals surface area (Å²) in [5.74, 6) is 1.14. The van der Waals surface area contributed by atoms with Crippen LogP contribution in [-0.4, -0.2) is 11.7 Å². The van der Waals surface area contributed by atoms with Gasteiger partial charge in [0.15, 0.2) is 0 Å². The normalized spacial score (nSPS) is 37.4. The van der Waals surface area contributed by atoms with Crippen LogP contribution in [0.1, 0.15) is 62.3 Å². The summed E-state index contributed by atoms with van der Waals surface area (Å²) in [5, 5.41) is 10.2. The molecule has 0 aromatic heterocycles. The molecule has 2 aliphatic heterocycles. The zero-order valence-electron chi connectivity index (χ0n) is 12.7. The lowest BCUT2D eigenvalue weighted by Gasteiger charge is -2.60. The predicted octanol–water partition coefficient (Wildman–Crippen LogP) is 4.24. The maximum atomic E-state index is 10.2. The van der Waals surface area contributed by atoms with Crippen LogP contribution < -0.4 is 0 Å². The van der Waals surface area contributed by atoms with E-state index in [1.54, 1.807) is 0 Å². The second-order valence-electron chi connectivity index (χ2n) is 7.81. The van der Waals surface area contributed by atoms with Crippen molar-refractivity contribution in [2.24, 2.45) is 11.3 Å². The molecule has 4 aliphatic rings. The number of rotatable bonds is 0. The molecule has 2 aliphatic carbocycles. The van der Waals surface area contributed by atoms with Gasteiger partial charge in [0.2, 0.25) is 0 Å². The molecule has 2 bridgehead atoms. The Hall–Kier alpha value is -1.02. The van der Waals surface area contributed by atoms with Crippen molar-refractivity contribution in [1.82, 2.24) is 0 Å². The lowest BCUT2D eigenvalue weighted by atomic mass is 9.48. The first-order valence-corrected chi connectivity index (χ1v) is 7.90. The predicted molar refractivity (Wildman–Crippen MR) is 79.0 cm³/mol. The Morgan fingerprint density at radius 3 is 2.85 bits per heavy atom. The average Bonchev–Trinajstić information content (AvgIpc) is 2.40. The van der Waals surface area contributed by atoms with Gasteiger partial charge in [0, 0.05) is 5.41 Å². The highest BCUT2D eigenvalue weighted by Gasteiger charge is 2.58. The van der Waals surface area contributed by atoms with E-state index in [2.05, 4.69) is 19.9 Å². The molecule has 3 atom stereocenters. The van der Waals surface area contributed by atoms with Crippen molar-refractivity contribution in [3.63, 3.8) is 0 Å². The Labute approximate surface area is 121 Å². The number of phenolic OH excluding ortho intramolecular Hbond substituents is 1. The quantitative estimate of drug-likeness (QED) is 0.765. The number of aromatic hydroxyl groups is 1. The van der Waals surface area contributed by atoms with Crippen molar-refractivity contribution in [2.45, 2.75) is 58.0 Å². The van der Waals surface area contributed by atoms with E-state index >= 15 is 0 Å². The fourth-order valence-electron chi connectivity index (χ4n) is 5.24. The van der Waals surface area contributed by atoms with Gasteiger partial charge in [-0.15, -0.1) is 0 Å². The number of benzene rings is 1. The van der Waals surface area contributed by atoms with Gasteiger partial charge in [0.25, 0.3) is 0 Å². The monoisotopic (exact) mass is 272 g/mol. The van der Waals surface area contributed by atoms with Crippen LogP contribution in [0.2, 0.25) is 0 Å². The van der Waals surface area contributed by atoms with Crippen LogP contribution in [0, 0.1) is 18.3 Å². The fraction of sp³-hybridized carbons (Fsp3) is 0.667. The van der Waals surface area contributed by atoms with E-state index in [-0.39, 0.29) is 11.5 Å². The van der Waals surface area contributed by atoms with E-state index in [0.29, 0.717) is 17.1 Å². The largest absolute Gasteiger partial charge is 0.508 e. The Morgan fingerprint density at radius 2 is 2.05 bits per heavy atom. The van der Waals surface area contributed by atoms with Gasteiger partial charge in [-0.1, -0.05) is 20.3 Å². The zero-order chi connectivity index (χ0) is 14.1. The minimum atomic E-state index is 0.150. The lowest BCUT2D eigenvalue weighted by molar-refractivity contribution is -0.136. The Kier molecular flexibility index (Phi) is 2.41. The molecule has 1 saturated heterocycles. The molecule has 2 fully saturated rings. The summed E-state index contributed by atoms with van der Waals surface area (Å²) in [4.78, 5) is 0. The van der Waals surface area contributed by atoms with Crippen molar-refractivity contribution in [3.05, 3.63) is 28.8 Å². The number of phenols is 1. The van der Waals surface area contributed by atoms with Crippen molar-refractivity contribution in [2.75, 3.05) is 6.61 Å². The third-order valence-corrected chi connectivity index (χ3v) is 6.30. The van der Waals surface area contributed by atoms with Crippen molar-refractivity contribution >= 4 is 0 Å². The molecule has 20 heavy (non-hydrogen) atoms. The molecule has 5 rings (SSSR count). The molecule has 1 saturated carbocycles. The van der Waals surface area contributed by atoms with Crippen LogP contribution in [0.15, 0.2) is 12.1 Å². The Morgan fingerprint density at radius 1 is 1.25 bits per heavy atom. The summed E-state index contributed by atoms with van der Waals surface area (Å²) in [6.45, 7) is 7.68. The summed E-state index contributed by atoms with van der Waals surface area (Å²) in [7, 11) is 0. The highest BCUT2D eigenvalue weighted by atomic mass is 16.5. The van der Waals surface area contributed by atoms with E-state index < -0.39 is 0 Å². The minimum absolute atomic E-state index is 0.150. The van der Waals surface area contributed by atoms with Crippen molar-refractivity contribution < 1.29 is 9.84 Å². The maximum absolute atomic E-state index is 10.2. The third kappa shape index (κ3) is 1.43. The molecule has 0 radical (unpaired) electrons. The van der Waals surface area contributed by atoms with Gasteiger partial charge >= 0.3 is 0 Å². The van der Waals surface area contributed by atoms with Crippen LogP contribution in [-0.2, 0) is 10.2 Å². The smallest absolute Gasteiger partial charge is 0.118 e. The molecule has 1 aromatic rings. The molecule has 1 aromatic carbocycles. The first kappa shape index (κ1) is 12.7. The summed E-state index contributed by atoms with van der Waals surface area (Å²) < 4.78 is 6.17. The van der Waals surface area contributed by atoms with Gasteiger partial charge in [0.05, 0.1) is 12.7 Å². The van der Waals surface area contributed by atoms with Crippen LogP contribution in [0.25, 0.3) is 0 Å². The van der Waals surface area contributed by atoms with Crippen molar-refractivity contribution in [1.29, 1.82) is 0 Å². The minimum Gasteiger partial charge on any atom is -0.508 e. The molecule has 1 N–H and O–H groups in total. The molecular weight excluding hydrogens is 248 g/mol. The molecule has 0 unspecified atom stereocenters. The summed E-state index contributed by atoms with van der Waals surface area (Å²) in [5.41, 5.74) is 4.25. The first-order chi connectivity index (χ1) is 9.44. The van der Waals surface area contributed by atoms with E-state index in [0.717, 1.165) is 18.6 Å². The second-order valence-corrected chi connectivity index (χ2v) is 7.81. The number of ether oxygens (including phenoxy) is 1. The van der Waals surface area contributed by atoms with Gasteiger partial charge in [0.1, 0.15) is 5.75 Å². The summed E-state index contributed by atoms with van der Waals surface area (Å²) in [6, 6.07) is 4.21. The highest BCUT2D eigenvalue weighted by Crippen LogP contribution is 2.63. The SMILES string of the molecule is Cc1cc2c(cc1O)[C@]13CCCC(C)(C)[C@@H]1C[C@@H]2OC3. The first-order valence-electron chi connectivity index (χ1n) is 7.90. The molecule has 0 amide bonds. The number of aryl methyl sites for hydroxylation is 1. The number of hydrogen-bond donors (Lipinski definition) is 1. The molecule has 2 heteroatoms. The molecule has 108 valence electrons. The van der Waals surface area contributed by atoms with Crippen LogP contribution in [0.3, 0.4) is 0 Å². The van der Waals surface area contributed by atoms with Crippen LogP contribution >= 0.6 is 0 Å². The fourth-order valence-corrected chi connectivity index (χ4v) is 5.24. The van der Waals surface area contributed by atoms with Crippen LogP contribution in [0.5, 0.6) is 5.75 Å². The average molecular weight is 272 g/mol. The van der Waals surface area contributed by atoms with E-state index in [1.165, 1.54) is 30.4 Å². The molecule has 2 nitrogen and oxygen atoms in total. The highest BCUT2D eigenvalue weighted by molar-refractivity contribution is 5.50. The van der Waals surface area contributed by atoms with E-state index in [9.17, 15) is 5.11 Å². The van der Waals surface area contributed by atoms with E-state index in [4.69, 9.17) is 4.74 Å². The van der Waals surface area contributed by atoms with Gasteiger partial charge in [-0.2, -0.15) is 0 Å².